The minimum absolute atomic E-state index is 0.0391. The maximum Gasteiger partial charge on any atom is 0.264 e. The number of aromatic nitrogens is 2. The van der Waals surface area contributed by atoms with Gasteiger partial charge in [-0.05, 0) is 48.1 Å². The van der Waals surface area contributed by atoms with Crippen molar-refractivity contribution in [3.63, 3.8) is 0 Å². The van der Waals surface area contributed by atoms with Crippen LogP contribution >= 0.6 is 11.3 Å². The molecule has 0 spiro atoms. The molecule has 1 N–H and O–H groups in total. The van der Waals surface area contributed by atoms with Crippen LogP contribution in [0.15, 0.2) is 64.5 Å². The quantitative estimate of drug-likeness (QED) is 0.381. The Labute approximate surface area is 176 Å². The fraction of sp³-hybridized carbons (Fsp3) is 0.174. The lowest BCUT2D eigenvalue weighted by Crippen LogP contribution is -2.24. The monoisotopic (exact) mass is 418 g/mol. The molecule has 0 radical (unpaired) electrons. The Balaban J connectivity index is 1.56. The first-order valence-corrected chi connectivity index (χ1v) is 10.6. The molecule has 0 aliphatic heterocycles. The first-order valence-electron chi connectivity index (χ1n) is 9.83. The molecule has 1 aliphatic rings. The predicted octanol–water partition coefficient (Wildman–Crippen LogP) is 4.58. The van der Waals surface area contributed by atoms with Crippen LogP contribution in [-0.4, -0.2) is 15.8 Å². The van der Waals surface area contributed by atoms with Crippen molar-refractivity contribution in [2.24, 2.45) is 5.10 Å². The molecule has 150 valence electrons. The van der Waals surface area contributed by atoms with Gasteiger partial charge in [0, 0.05) is 4.88 Å². The molecule has 1 aliphatic carbocycles. The van der Waals surface area contributed by atoms with Crippen LogP contribution in [0.25, 0.3) is 10.2 Å². The number of hydrogen-bond acceptors (Lipinski definition) is 5. The molecule has 0 saturated heterocycles. The molecule has 0 unspecified atom stereocenters. The van der Waals surface area contributed by atoms with E-state index in [0.717, 1.165) is 46.2 Å². The van der Waals surface area contributed by atoms with Crippen LogP contribution in [0.1, 0.15) is 28.0 Å². The number of nitrogens with one attached hydrogen (secondary N) is 1. The van der Waals surface area contributed by atoms with E-state index in [-0.39, 0.29) is 11.4 Å². The van der Waals surface area contributed by atoms with E-state index in [1.807, 2.05) is 30.3 Å². The van der Waals surface area contributed by atoms with Crippen LogP contribution in [0.5, 0.6) is 0 Å². The zero-order valence-electron chi connectivity index (χ0n) is 16.1. The molecule has 0 atom stereocenters. The number of aryl methyl sites for hydroxylation is 2. The van der Waals surface area contributed by atoms with Crippen molar-refractivity contribution in [2.75, 3.05) is 5.43 Å². The zero-order chi connectivity index (χ0) is 20.5. The molecule has 5 nitrogen and oxygen atoms in total. The molecular weight excluding hydrogens is 399 g/mol. The van der Waals surface area contributed by atoms with Crippen LogP contribution in [0.2, 0.25) is 0 Å². The van der Waals surface area contributed by atoms with E-state index in [0.29, 0.717) is 12.5 Å². The zero-order valence-corrected chi connectivity index (χ0v) is 17.0. The SMILES string of the molecule is O=c1c2c3c(sc2nc(NN=Cc2ccc(F)cc2)n1Cc1ccccc1)CCC3. The first kappa shape index (κ1) is 18.7. The van der Waals surface area contributed by atoms with Gasteiger partial charge in [-0.25, -0.2) is 14.8 Å². The van der Waals surface area contributed by atoms with Crippen molar-refractivity contribution < 1.29 is 4.39 Å². The number of fused-ring (bicyclic) bond motifs is 3. The first-order chi connectivity index (χ1) is 14.7. The molecule has 0 amide bonds. The smallest absolute Gasteiger partial charge is 0.264 e. The number of hydrogen-bond donors (Lipinski definition) is 1. The van der Waals surface area contributed by atoms with Gasteiger partial charge in [-0.15, -0.1) is 11.3 Å². The Morgan fingerprint density at radius 1 is 1.13 bits per heavy atom. The molecular formula is C23H19FN4OS. The van der Waals surface area contributed by atoms with Crippen molar-refractivity contribution in [1.82, 2.24) is 9.55 Å². The Morgan fingerprint density at radius 3 is 2.73 bits per heavy atom. The van der Waals surface area contributed by atoms with E-state index in [9.17, 15) is 9.18 Å². The normalized spacial score (nSPS) is 13.2. The summed E-state index contributed by atoms with van der Waals surface area (Å²) >= 11 is 1.60. The minimum Gasteiger partial charge on any atom is -0.272 e. The van der Waals surface area contributed by atoms with Crippen LogP contribution in [0.3, 0.4) is 0 Å². The Kier molecular flexibility index (Phi) is 4.88. The number of thiophene rings is 1. The van der Waals surface area contributed by atoms with Gasteiger partial charge in [-0.2, -0.15) is 5.10 Å². The molecule has 2 aromatic carbocycles. The van der Waals surface area contributed by atoms with Crippen molar-refractivity contribution in [1.29, 1.82) is 0 Å². The molecule has 0 bridgehead atoms. The molecule has 4 aromatic rings. The van der Waals surface area contributed by atoms with Crippen molar-refractivity contribution >= 4 is 33.7 Å². The average Bonchev–Trinajstić information content (AvgIpc) is 3.34. The number of hydrazone groups is 1. The molecule has 7 heteroatoms. The molecule has 5 rings (SSSR count). The van der Waals surface area contributed by atoms with Crippen LogP contribution in [0.4, 0.5) is 10.3 Å². The fourth-order valence-corrected chi connectivity index (χ4v) is 5.04. The number of rotatable bonds is 5. The van der Waals surface area contributed by atoms with E-state index in [2.05, 4.69) is 10.5 Å². The third kappa shape index (κ3) is 3.52. The third-order valence-corrected chi connectivity index (χ3v) is 6.44. The third-order valence-electron chi connectivity index (χ3n) is 5.26. The Morgan fingerprint density at radius 2 is 1.93 bits per heavy atom. The van der Waals surface area contributed by atoms with E-state index in [4.69, 9.17) is 4.98 Å². The largest absolute Gasteiger partial charge is 0.272 e. The van der Waals surface area contributed by atoms with Gasteiger partial charge in [0.15, 0.2) is 0 Å². The number of halogens is 1. The maximum atomic E-state index is 13.4. The molecule has 2 aromatic heterocycles. The van der Waals surface area contributed by atoms with Crippen LogP contribution in [-0.2, 0) is 19.4 Å². The lowest BCUT2D eigenvalue weighted by Gasteiger charge is -2.12. The van der Waals surface area contributed by atoms with Crippen molar-refractivity contribution in [2.45, 2.75) is 25.8 Å². The minimum atomic E-state index is -0.297. The summed E-state index contributed by atoms with van der Waals surface area (Å²) in [6.45, 7) is 0.404. The second-order valence-corrected chi connectivity index (χ2v) is 8.35. The fourth-order valence-electron chi connectivity index (χ4n) is 3.79. The highest BCUT2D eigenvalue weighted by molar-refractivity contribution is 7.18. The van der Waals surface area contributed by atoms with E-state index in [1.165, 1.54) is 17.0 Å². The predicted molar refractivity (Wildman–Crippen MR) is 119 cm³/mol. The summed E-state index contributed by atoms with van der Waals surface area (Å²) in [6.07, 6.45) is 4.63. The average molecular weight is 418 g/mol. The lowest BCUT2D eigenvalue weighted by atomic mass is 10.2. The van der Waals surface area contributed by atoms with Crippen LogP contribution < -0.4 is 11.0 Å². The topological polar surface area (TPSA) is 59.3 Å². The number of nitrogens with zero attached hydrogens (tertiary/aromatic N) is 3. The lowest BCUT2D eigenvalue weighted by molar-refractivity contribution is 0.628. The highest BCUT2D eigenvalue weighted by Crippen LogP contribution is 2.35. The van der Waals surface area contributed by atoms with Gasteiger partial charge in [0.25, 0.3) is 5.56 Å². The summed E-state index contributed by atoms with van der Waals surface area (Å²) in [5, 5.41) is 4.99. The summed E-state index contributed by atoms with van der Waals surface area (Å²) in [4.78, 5) is 20.2. The molecule has 0 fully saturated rings. The van der Waals surface area contributed by atoms with E-state index in [1.54, 1.807) is 34.3 Å². The van der Waals surface area contributed by atoms with Gasteiger partial charge >= 0.3 is 0 Å². The highest BCUT2D eigenvalue weighted by atomic mass is 32.1. The van der Waals surface area contributed by atoms with E-state index >= 15 is 0 Å². The second-order valence-electron chi connectivity index (χ2n) is 7.27. The van der Waals surface area contributed by atoms with Gasteiger partial charge in [-0.1, -0.05) is 42.5 Å². The second kappa shape index (κ2) is 7.84. The van der Waals surface area contributed by atoms with Crippen LogP contribution in [0, 0.1) is 5.82 Å². The summed E-state index contributed by atoms with van der Waals surface area (Å²) < 4.78 is 14.7. The Hall–Kier alpha value is -3.32. The molecule has 0 saturated carbocycles. The van der Waals surface area contributed by atoms with Gasteiger partial charge in [-0.3, -0.25) is 9.36 Å². The standard InChI is InChI=1S/C23H19FN4OS/c24-17-11-9-15(10-12-17)13-25-27-23-26-21-20(18-7-4-8-19(18)30-21)22(29)28(23)14-16-5-2-1-3-6-16/h1-3,5-6,9-13H,4,7-8,14H2,(H,26,27). The highest BCUT2D eigenvalue weighted by Gasteiger charge is 2.23. The summed E-state index contributed by atoms with van der Waals surface area (Å²) in [6, 6.07) is 15.9. The van der Waals surface area contributed by atoms with Gasteiger partial charge in [0.2, 0.25) is 5.95 Å². The maximum absolute atomic E-state index is 13.4. The molecule has 2 heterocycles. The van der Waals surface area contributed by atoms with Crippen molar-refractivity contribution in [3.05, 3.63) is 92.3 Å². The van der Waals surface area contributed by atoms with Gasteiger partial charge < -0.3 is 0 Å². The molecule has 30 heavy (non-hydrogen) atoms. The van der Waals surface area contributed by atoms with Crippen molar-refractivity contribution in [3.8, 4) is 0 Å². The number of anilines is 1. The van der Waals surface area contributed by atoms with Gasteiger partial charge in [0.1, 0.15) is 10.6 Å². The Bertz CT molecular complexity index is 1290. The summed E-state index contributed by atoms with van der Waals surface area (Å²) in [5.74, 6) is 0.101. The number of benzene rings is 2. The summed E-state index contributed by atoms with van der Waals surface area (Å²) in [7, 11) is 0. The van der Waals surface area contributed by atoms with E-state index < -0.39 is 0 Å². The summed E-state index contributed by atoms with van der Waals surface area (Å²) in [5.41, 5.74) is 5.81. The van der Waals surface area contributed by atoms with Gasteiger partial charge in [0.05, 0.1) is 18.1 Å².